The molecule has 3 aromatic rings. The van der Waals surface area contributed by atoms with E-state index in [9.17, 15) is 14.9 Å². The van der Waals surface area contributed by atoms with Crippen molar-refractivity contribution in [1.82, 2.24) is 5.43 Å². The van der Waals surface area contributed by atoms with Crippen molar-refractivity contribution in [2.24, 2.45) is 5.10 Å². The summed E-state index contributed by atoms with van der Waals surface area (Å²) in [4.78, 5) is 22.7. The standard InChI is InChI=1S/C19H15N3O4/c1-26-18-11-15-7-3-2-6-14(15)10-17(18)19(23)21-20-12-13-5-4-8-16(9-13)22(24)25/h2-12H,1H3,(H,21,23). The van der Waals surface area contributed by atoms with Gasteiger partial charge < -0.3 is 4.74 Å². The summed E-state index contributed by atoms with van der Waals surface area (Å²) in [5, 5.41) is 16.5. The molecule has 0 aliphatic carbocycles. The fourth-order valence-corrected chi connectivity index (χ4v) is 2.51. The van der Waals surface area contributed by atoms with Gasteiger partial charge in [0.05, 0.1) is 23.8 Å². The van der Waals surface area contributed by atoms with E-state index in [-0.39, 0.29) is 5.69 Å². The predicted octanol–water partition coefficient (Wildman–Crippen LogP) is 3.52. The summed E-state index contributed by atoms with van der Waals surface area (Å²) in [5.74, 6) is 0.000956. The first-order valence-electron chi connectivity index (χ1n) is 7.73. The molecule has 0 aliphatic rings. The highest BCUT2D eigenvalue weighted by Crippen LogP contribution is 2.25. The molecule has 0 radical (unpaired) electrons. The van der Waals surface area contributed by atoms with Crippen LogP contribution >= 0.6 is 0 Å². The molecule has 130 valence electrons. The van der Waals surface area contributed by atoms with Gasteiger partial charge in [-0.25, -0.2) is 5.43 Å². The van der Waals surface area contributed by atoms with Gasteiger partial charge in [0, 0.05) is 17.7 Å². The first-order chi connectivity index (χ1) is 12.6. The van der Waals surface area contributed by atoms with Gasteiger partial charge in [0.15, 0.2) is 0 Å². The van der Waals surface area contributed by atoms with E-state index < -0.39 is 10.8 Å². The zero-order valence-corrected chi connectivity index (χ0v) is 13.9. The predicted molar refractivity (Wildman–Crippen MR) is 98.7 cm³/mol. The van der Waals surface area contributed by atoms with Crippen molar-refractivity contribution >= 4 is 28.6 Å². The Kier molecular flexibility index (Phi) is 4.89. The third-order valence-corrected chi connectivity index (χ3v) is 3.77. The second-order valence-electron chi connectivity index (χ2n) is 5.45. The number of carbonyl (C=O) groups excluding carboxylic acids is 1. The number of hydrogen-bond acceptors (Lipinski definition) is 5. The highest BCUT2D eigenvalue weighted by molar-refractivity contribution is 6.01. The molecule has 0 fully saturated rings. The molecule has 0 aliphatic heterocycles. The van der Waals surface area contributed by atoms with E-state index in [2.05, 4.69) is 10.5 Å². The van der Waals surface area contributed by atoms with E-state index in [1.54, 1.807) is 24.3 Å². The number of carbonyl (C=O) groups is 1. The van der Waals surface area contributed by atoms with Crippen LogP contribution in [0.5, 0.6) is 5.75 Å². The van der Waals surface area contributed by atoms with Gasteiger partial charge in [-0.3, -0.25) is 14.9 Å². The number of rotatable bonds is 5. The number of hydrazone groups is 1. The number of nitrogens with one attached hydrogen (secondary N) is 1. The lowest BCUT2D eigenvalue weighted by molar-refractivity contribution is -0.384. The van der Waals surface area contributed by atoms with E-state index in [1.165, 1.54) is 25.5 Å². The van der Waals surface area contributed by atoms with Crippen LogP contribution in [-0.2, 0) is 0 Å². The summed E-state index contributed by atoms with van der Waals surface area (Å²) in [6.07, 6.45) is 1.35. The minimum atomic E-state index is -0.490. The van der Waals surface area contributed by atoms with Crippen LogP contribution < -0.4 is 10.2 Å². The largest absolute Gasteiger partial charge is 0.496 e. The van der Waals surface area contributed by atoms with Crippen molar-refractivity contribution in [1.29, 1.82) is 0 Å². The van der Waals surface area contributed by atoms with Crippen LogP contribution in [0, 0.1) is 10.1 Å². The topological polar surface area (TPSA) is 93.8 Å². The molecular formula is C19H15N3O4. The van der Waals surface area contributed by atoms with Crippen LogP contribution in [0.2, 0.25) is 0 Å². The Hall–Kier alpha value is -3.74. The number of methoxy groups -OCH3 is 1. The number of ether oxygens (including phenoxy) is 1. The van der Waals surface area contributed by atoms with Gasteiger partial charge in [0.1, 0.15) is 5.75 Å². The number of nitro benzene ring substituents is 1. The number of non-ortho nitro benzene ring substituents is 1. The van der Waals surface area contributed by atoms with Crippen molar-refractivity contribution in [3.63, 3.8) is 0 Å². The second-order valence-corrected chi connectivity index (χ2v) is 5.45. The fraction of sp³-hybridized carbons (Fsp3) is 0.0526. The van der Waals surface area contributed by atoms with E-state index in [1.807, 2.05) is 24.3 Å². The quantitative estimate of drug-likeness (QED) is 0.433. The van der Waals surface area contributed by atoms with Crippen LogP contribution in [0.3, 0.4) is 0 Å². The maximum atomic E-state index is 12.4. The Morgan fingerprint density at radius 2 is 1.85 bits per heavy atom. The fourth-order valence-electron chi connectivity index (χ4n) is 2.51. The van der Waals surface area contributed by atoms with Crippen molar-refractivity contribution < 1.29 is 14.5 Å². The maximum Gasteiger partial charge on any atom is 0.275 e. The van der Waals surface area contributed by atoms with E-state index in [0.717, 1.165) is 10.8 Å². The summed E-state index contributed by atoms with van der Waals surface area (Å²) in [6.45, 7) is 0. The second kappa shape index (κ2) is 7.43. The molecule has 3 rings (SSSR count). The number of benzene rings is 3. The molecule has 0 saturated heterocycles. The zero-order valence-electron chi connectivity index (χ0n) is 13.9. The third-order valence-electron chi connectivity index (χ3n) is 3.77. The van der Waals surface area contributed by atoms with Gasteiger partial charge >= 0.3 is 0 Å². The number of hydrogen-bond donors (Lipinski definition) is 1. The summed E-state index contributed by atoms with van der Waals surface area (Å²) >= 11 is 0. The lowest BCUT2D eigenvalue weighted by Crippen LogP contribution is -2.18. The Morgan fingerprint density at radius 3 is 2.54 bits per heavy atom. The normalized spacial score (nSPS) is 10.8. The molecule has 0 bridgehead atoms. The minimum Gasteiger partial charge on any atom is -0.496 e. The minimum absolute atomic E-state index is 0.0449. The highest BCUT2D eigenvalue weighted by Gasteiger charge is 2.13. The van der Waals surface area contributed by atoms with Crippen molar-refractivity contribution in [3.8, 4) is 5.75 Å². The van der Waals surface area contributed by atoms with E-state index >= 15 is 0 Å². The third kappa shape index (κ3) is 3.67. The van der Waals surface area contributed by atoms with Crippen molar-refractivity contribution in [2.75, 3.05) is 7.11 Å². The van der Waals surface area contributed by atoms with Crippen molar-refractivity contribution in [2.45, 2.75) is 0 Å². The summed E-state index contributed by atoms with van der Waals surface area (Å²) in [7, 11) is 1.49. The molecular weight excluding hydrogens is 334 g/mol. The van der Waals surface area contributed by atoms with Crippen molar-refractivity contribution in [3.05, 3.63) is 81.9 Å². The van der Waals surface area contributed by atoms with E-state index in [4.69, 9.17) is 4.74 Å². The number of nitrogens with zero attached hydrogens (tertiary/aromatic N) is 2. The molecule has 0 aromatic heterocycles. The Bertz CT molecular complexity index is 1010. The molecule has 1 N–H and O–H groups in total. The van der Waals surface area contributed by atoms with Gasteiger partial charge in [0.25, 0.3) is 11.6 Å². The maximum absolute atomic E-state index is 12.4. The van der Waals surface area contributed by atoms with Gasteiger partial charge in [0.2, 0.25) is 0 Å². The number of fused-ring (bicyclic) bond motifs is 1. The lowest BCUT2D eigenvalue weighted by Gasteiger charge is -2.09. The van der Waals surface area contributed by atoms with Crippen LogP contribution in [0.25, 0.3) is 10.8 Å². The molecule has 3 aromatic carbocycles. The molecule has 0 atom stereocenters. The Morgan fingerprint density at radius 1 is 1.12 bits per heavy atom. The number of nitro groups is 1. The van der Waals surface area contributed by atoms with Gasteiger partial charge in [-0.15, -0.1) is 0 Å². The molecule has 1 amide bonds. The molecule has 0 spiro atoms. The van der Waals surface area contributed by atoms with Gasteiger partial charge in [-0.1, -0.05) is 36.4 Å². The molecule has 0 unspecified atom stereocenters. The Labute approximate surface area is 149 Å². The smallest absolute Gasteiger partial charge is 0.275 e. The number of amides is 1. The molecule has 26 heavy (non-hydrogen) atoms. The average Bonchev–Trinajstić information content (AvgIpc) is 2.67. The average molecular weight is 349 g/mol. The molecule has 0 heterocycles. The lowest BCUT2D eigenvalue weighted by atomic mass is 10.1. The summed E-state index contributed by atoms with van der Waals surface area (Å²) < 4.78 is 5.29. The first-order valence-corrected chi connectivity index (χ1v) is 7.73. The first kappa shape index (κ1) is 17.1. The SMILES string of the molecule is COc1cc2ccccc2cc1C(=O)NN=Cc1cccc([N+](=O)[O-])c1. The Balaban J connectivity index is 1.81. The van der Waals surface area contributed by atoms with Crippen LogP contribution in [-0.4, -0.2) is 24.2 Å². The van der Waals surface area contributed by atoms with E-state index in [0.29, 0.717) is 16.9 Å². The van der Waals surface area contributed by atoms with Crippen LogP contribution in [0.4, 0.5) is 5.69 Å². The summed E-state index contributed by atoms with van der Waals surface area (Å²) in [5.41, 5.74) is 3.23. The highest BCUT2D eigenvalue weighted by atomic mass is 16.6. The molecule has 0 saturated carbocycles. The zero-order chi connectivity index (χ0) is 18.5. The van der Waals surface area contributed by atoms with Gasteiger partial charge in [-0.2, -0.15) is 5.10 Å². The van der Waals surface area contributed by atoms with Gasteiger partial charge in [-0.05, 0) is 22.9 Å². The summed E-state index contributed by atoms with van der Waals surface area (Å²) in [6, 6.07) is 17.1. The molecule has 7 nitrogen and oxygen atoms in total. The van der Waals surface area contributed by atoms with Crippen LogP contribution in [0.1, 0.15) is 15.9 Å². The monoisotopic (exact) mass is 349 g/mol. The molecule has 7 heteroatoms. The van der Waals surface area contributed by atoms with Crippen LogP contribution in [0.15, 0.2) is 65.8 Å².